The van der Waals surface area contributed by atoms with E-state index in [9.17, 15) is 0 Å². The summed E-state index contributed by atoms with van der Waals surface area (Å²) in [7, 11) is 1.39. The van der Waals surface area contributed by atoms with Crippen LogP contribution < -0.4 is 62.4 Å². The van der Waals surface area contributed by atoms with Crippen molar-refractivity contribution >= 4 is 12.6 Å². The van der Waals surface area contributed by atoms with E-state index >= 15 is 0 Å². The Morgan fingerprint density at radius 2 is 1.93 bits per heavy atom. The summed E-state index contributed by atoms with van der Waals surface area (Å²) >= 11 is 4.87. The van der Waals surface area contributed by atoms with Gasteiger partial charge in [-0.1, -0.05) is 5.03 Å². The Balaban J connectivity index is 0.00000196. The minimum Gasteiger partial charge on any atom is -0.761 e. The maximum atomic E-state index is 8.80. The van der Waals surface area contributed by atoms with Gasteiger partial charge < -0.3 is 28.4 Å². The molecule has 0 aromatic carbocycles. The Bertz CT molecular complexity index is 368. The van der Waals surface area contributed by atoms with Gasteiger partial charge >= 0.3 is 51.4 Å². The van der Waals surface area contributed by atoms with E-state index in [0.29, 0.717) is 0 Å². The first-order valence-electron chi connectivity index (χ1n) is 3.66. The molecular formula is C8H7KN4OS. The summed E-state index contributed by atoms with van der Waals surface area (Å²) in [6.07, 6.45) is -0.751. The number of rotatable bonds is 1. The molecule has 0 aromatic heterocycles. The zero-order valence-electron chi connectivity index (χ0n) is 8.37. The van der Waals surface area contributed by atoms with Crippen molar-refractivity contribution in [2.45, 2.75) is 6.10 Å². The average molecular weight is 246 g/mol. The smallest absolute Gasteiger partial charge is 0.761 e. The molecule has 1 atom stereocenters. The predicted octanol–water partition coefficient (Wildman–Crippen LogP) is -3.42. The van der Waals surface area contributed by atoms with Gasteiger partial charge in [0.25, 0.3) is 0 Å². The minimum atomic E-state index is -0.751. The van der Waals surface area contributed by atoms with Gasteiger partial charge in [0.1, 0.15) is 23.6 Å². The van der Waals surface area contributed by atoms with Crippen LogP contribution >= 0.6 is 0 Å². The van der Waals surface area contributed by atoms with Crippen LogP contribution in [0.4, 0.5) is 0 Å². The van der Waals surface area contributed by atoms with Gasteiger partial charge in [0.05, 0.1) is 11.6 Å². The van der Waals surface area contributed by atoms with Crippen molar-refractivity contribution in [2.75, 3.05) is 7.11 Å². The zero-order valence-corrected chi connectivity index (χ0v) is 12.3. The molecule has 0 spiro atoms. The molecule has 15 heavy (non-hydrogen) atoms. The van der Waals surface area contributed by atoms with Gasteiger partial charge in [0, 0.05) is 7.11 Å². The second-order valence-corrected chi connectivity index (χ2v) is 2.94. The predicted molar refractivity (Wildman–Crippen MR) is 50.8 cm³/mol. The molecule has 0 radical (unpaired) electrons. The van der Waals surface area contributed by atoms with Crippen molar-refractivity contribution in [3.63, 3.8) is 0 Å². The Hall–Kier alpha value is -0.124. The first kappa shape index (κ1) is 14.9. The number of nitrogens with zero attached hydrogens (tertiary/aromatic N) is 2. The van der Waals surface area contributed by atoms with Crippen LogP contribution in [0.2, 0.25) is 0 Å². The Labute approximate surface area is 136 Å². The molecule has 0 saturated carbocycles. The molecule has 3 N–H and O–H groups in total. The number of dihydropyridines is 1. The van der Waals surface area contributed by atoms with E-state index in [1.807, 2.05) is 12.1 Å². The quantitative estimate of drug-likeness (QED) is 0.370. The van der Waals surface area contributed by atoms with Crippen LogP contribution in [-0.4, -0.2) is 13.2 Å². The van der Waals surface area contributed by atoms with Gasteiger partial charge in [-0.25, -0.2) is 0 Å². The number of hydrogen-bond acceptors (Lipinski definition) is 6. The van der Waals surface area contributed by atoms with E-state index in [4.69, 9.17) is 33.6 Å². The van der Waals surface area contributed by atoms with Crippen molar-refractivity contribution in [1.29, 1.82) is 10.5 Å². The molecule has 0 aromatic rings. The van der Waals surface area contributed by atoms with E-state index in [1.54, 1.807) is 0 Å². The molecule has 7 heteroatoms. The molecule has 0 amide bonds. The number of nitriles is 2. The van der Waals surface area contributed by atoms with Crippen molar-refractivity contribution in [1.82, 2.24) is 5.32 Å². The van der Waals surface area contributed by atoms with Crippen molar-refractivity contribution in [3.05, 3.63) is 22.0 Å². The summed E-state index contributed by atoms with van der Waals surface area (Å²) in [4.78, 5) is 0. The third-order valence-electron chi connectivity index (χ3n) is 1.78. The number of nitrogens with one attached hydrogen (secondary N) is 1. The van der Waals surface area contributed by atoms with Crippen LogP contribution in [0, 0.1) is 22.7 Å². The third kappa shape index (κ3) is 2.92. The molecule has 1 unspecified atom stereocenters. The summed E-state index contributed by atoms with van der Waals surface area (Å²) in [5, 5.41) is 20.4. The van der Waals surface area contributed by atoms with Gasteiger partial charge in [-0.05, 0) is 0 Å². The average Bonchev–Trinajstić information content (AvgIpc) is 2.16. The topological polar surface area (TPSA) is 94.9 Å². The molecule has 0 bridgehead atoms. The maximum Gasteiger partial charge on any atom is 1.00 e. The Morgan fingerprint density at radius 3 is 2.33 bits per heavy atom. The van der Waals surface area contributed by atoms with Crippen molar-refractivity contribution in [2.24, 2.45) is 5.73 Å². The van der Waals surface area contributed by atoms with Crippen LogP contribution in [0.15, 0.2) is 22.0 Å². The SMILES string of the molecule is COC1C(C#N)=C(N)NC([S-])=C1C#N.[K+]. The first-order chi connectivity index (χ1) is 6.65. The van der Waals surface area contributed by atoms with Crippen LogP contribution in [0.1, 0.15) is 0 Å². The summed E-state index contributed by atoms with van der Waals surface area (Å²) in [6, 6.07) is 3.76. The molecule has 0 fully saturated rings. The fourth-order valence-electron chi connectivity index (χ4n) is 1.13. The molecular weight excluding hydrogens is 239 g/mol. The Kier molecular flexibility index (Phi) is 6.40. The molecule has 0 aliphatic carbocycles. The fraction of sp³-hybridized carbons (Fsp3) is 0.250. The first-order valence-corrected chi connectivity index (χ1v) is 4.07. The fourth-order valence-corrected chi connectivity index (χ4v) is 1.39. The zero-order chi connectivity index (χ0) is 10.7. The van der Waals surface area contributed by atoms with Gasteiger partial charge in [-0.3, -0.25) is 0 Å². The summed E-state index contributed by atoms with van der Waals surface area (Å²) in [5.74, 6) is 0.142. The van der Waals surface area contributed by atoms with Crippen LogP contribution in [-0.2, 0) is 17.4 Å². The number of ether oxygens (including phenoxy) is 1. The van der Waals surface area contributed by atoms with Crippen molar-refractivity contribution < 1.29 is 56.1 Å². The largest absolute Gasteiger partial charge is 1.00 e. The number of methoxy groups -OCH3 is 1. The maximum absolute atomic E-state index is 8.80. The van der Waals surface area contributed by atoms with Crippen LogP contribution in [0.3, 0.4) is 0 Å². The number of nitrogens with two attached hydrogens (primary N) is 1. The Morgan fingerprint density at radius 1 is 1.40 bits per heavy atom. The third-order valence-corrected chi connectivity index (χ3v) is 2.11. The summed E-state index contributed by atoms with van der Waals surface area (Å²) in [6.45, 7) is 0. The second-order valence-electron chi connectivity index (χ2n) is 2.53. The molecule has 72 valence electrons. The number of hydrogen-bond donors (Lipinski definition) is 2. The minimum absolute atomic E-state index is 0. The molecule has 1 heterocycles. The summed E-state index contributed by atoms with van der Waals surface area (Å²) in [5.41, 5.74) is 5.90. The second kappa shape index (κ2) is 6.46. The van der Waals surface area contributed by atoms with Gasteiger partial charge in [0.15, 0.2) is 0 Å². The van der Waals surface area contributed by atoms with E-state index in [2.05, 4.69) is 5.32 Å². The monoisotopic (exact) mass is 246 g/mol. The van der Waals surface area contributed by atoms with E-state index in [0.717, 1.165) is 0 Å². The van der Waals surface area contributed by atoms with E-state index in [1.165, 1.54) is 7.11 Å². The van der Waals surface area contributed by atoms with Crippen LogP contribution in [0.25, 0.3) is 0 Å². The van der Waals surface area contributed by atoms with Gasteiger partial charge in [0.2, 0.25) is 0 Å². The molecule has 0 saturated heterocycles. The van der Waals surface area contributed by atoms with Gasteiger partial charge in [-0.15, -0.1) is 0 Å². The van der Waals surface area contributed by atoms with E-state index < -0.39 is 6.10 Å². The molecule has 1 aliphatic heterocycles. The molecule has 1 aliphatic rings. The van der Waals surface area contributed by atoms with Gasteiger partial charge in [-0.2, -0.15) is 10.5 Å². The normalized spacial score (nSPS) is 19.8. The molecule has 1 rings (SSSR count). The molecule has 5 nitrogen and oxygen atoms in total. The van der Waals surface area contributed by atoms with E-state index in [-0.39, 0.29) is 73.4 Å². The van der Waals surface area contributed by atoms with Crippen molar-refractivity contribution in [3.8, 4) is 12.1 Å². The summed E-state index contributed by atoms with van der Waals surface area (Å²) < 4.78 is 4.99. The van der Waals surface area contributed by atoms with Crippen LogP contribution in [0.5, 0.6) is 0 Å². The standard InChI is InChI=1S/C8H8N4OS.K/c1-13-6-4(2-9)7(11)12-8(14)5(6)3-10;/h6,12,14H,11H2,1H3;/q;+1/p-1.